The number of thiophene rings is 1. The van der Waals surface area contributed by atoms with Gasteiger partial charge in [0, 0.05) is 9.35 Å². The van der Waals surface area contributed by atoms with Crippen LogP contribution in [0.2, 0.25) is 0 Å². The highest BCUT2D eigenvalue weighted by molar-refractivity contribution is 9.10. The van der Waals surface area contributed by atoms with Gasteiger partial charge in [0.25, 0.3) is 5.91 Å². The number of thioether (sulfide) groups is 1. The summed E-state index contributed by atoms with van der Waals surface area (Å²) in [7, 11) is 0. The van der Waals surface area contributed by atoms with Gasteiger partial charge in [-0.3, -0.25) is 9.59 Å². The molecule has 0 fully saturated rings. The van der Waals surface area contributed by atoms with Gasteiger partial charge in [0.05, 0.1) is 40.4 Å². The van der Waals surface area contributed by atoms with Crippen LogP contribution in [0.1, 0.15) is 47.0 Å². The average molecular weight is 621 g/mol. The number of aryl methyl sites for hydroxylation is 1. The Balaban J connectivity index is 1.42. The van der Waals surface area contributed by atoms with E-state index in [9.17, 15) is 14.4 Å². The van der Waals surface area contributed by atoms with E-state index in [2.05, 4.69) is 32.2 Å². The molecule has 1 aliphatic rings. The van der Waals surface area contributed by atoms with Crippen molar-refractivity contribution in [2.75, 3.05) is 23.4 Å². The van der Waals surface area contributed by atoms with E-state index in [0.29, 0.717) is 21.9 Å². The van der Waals surface area contributed by atoms with Gasteiger partial charge in [-0.1, -0.05) is 39.6 Å². The van der Waals surface area contributed by atoms with Crippen LogP contribution in [0, 0.1) is 12.3 Å². The number of nitrogens with zero attached hydrogens (tertiary/aromatic N) is 2. The maximum Gasteiger partial charge on any atom is 0.341 e. The second kappa shape index (κ2) is 12.9. The summed E-state index contributed by atoms with van der Waals surface area (Å²) < 4.78 is 9.01. The highest BCUT2D eigenvalue weighted by Gasteiger charge is 2.26. The third-order valence-electron chi connectivity index (χ3n) is 5.73. The minimum absolute atomic E-state index is 0.0487. The van der Waals surface area contributed by atoms with E-state index >= 15 is 0 Å². The van der Waals surface area contributed by atoms with Gasteiger partial charge in [-0.25, -0.2) is 4.79 Å². The number of benzene rings is 1. The topological polar surface area (TPSA) is 89.8 Å². The number of amides is 2. The van der Waals surface area contributed by atoms with Crippen molar-refractivity contribution in [3.63, 3.8) is 0 Å². The largest absolute Gasteiger partial charge is 0.462 e. The molecule has 0 radical (unpaired) electrons. The first-order valence-corrected chi connectivity index (χ1v) is 15.5. The number of hydrogen-bond donors (Lipinski definition) is 1. The molecule has 0 saturated heterocycles. The number of terminal acetylenes is 1. The number of aromatic nitrogens is 1. The Morgan fingerprint density at radius 1 is 1.22 bits per heavy atom. The Bertz CT molecular complexity index is 1450. The van der Waals surface area contributed by atoms with Crippen molar-refractivity contribution in [1.29, 1.82) is 0 Å². The molecule has 7 nitrogen and oxygen atoms in total. The van der Waals surface area contributed by atoms with Crippen molar-refractivity contribution < 1.29 is 19.1 Å². The monoisotopic (exact) mass is 619 g/mol. The minimum Gasteiger partial charge on any atom is -0.462 e. The highest BCUT2D eigenvalue weighted by Crippen LogP contribution is 2.38. The Morgan fingerprint density at radius 3 is 2.81 bits per heavy atom. The number of carbonyl (C=O) groups excluding carboxylic acids is 3. The fraction of sp³-hybridized carbons (Fsp3) is 0.385. The summed E-state index contributed by atoms with van der Waals surface area (Å²) in [5, 5.41) is 3.43. The lowest BCUT2D eigenvalue weighted by Crippen LogP contribution is -2.19. The van der Waals surface area contributed by atoms with Gasteiger partial charge in [-0.2, -0.15) is 4.99 Å². The summed E-state index contributed by atoms with van der Waals surface area (Å²) >= 11 is 7.49. The van der Waals surface area contributed by atoms with E-state index in [-0.39, 0.29) is 29.9 Å². The number of esters is 1. The first kappa shape index (κ1) is 27.6. The molecule has 2 heterocycles. The molecule has 11 heteroatoms. The lowest BCUT2D eigenvalue weighted by atomic mass is 10.1. The molecule has 0 unspecified atom stereocenters. The predicted octanol–water partition coefficient (Wildman–Crippen LogP) is 5.40. The van der Waals surface area contributed by atoms with Crippen LogP contribution in [0.25, 0.3) is 10.2 Å². The molecule has 2 aromatic heterocycles. The second-order valence-corrected chi connectivity index (χ2v) is 12.3. The average Bonchev–Trinajstić information content (AvgIpc) is 3.26. The number of hydrogen-bond acceptors (Lipinski definition) is 7. The van der Waals surface area contributed by atoms with E-state index in [1.807, 2.05) is 22.8 Å². The number of fused-ring (bicyclic) bond motifs is 2. The van der Waals surface area contributed by atoms with Gasteiger partial charge in [-0.15, -0.1) is 29.5 Å². The number of rotatable bonds is 8. The van der Waals surface area contributed by atoms with E-state index in [1.54, 1.807) is 6.92 Å². The maximum atomic E-state index is 12.7. The Hall–Kier alpha value is -2.39. The lowest BCUT2D eigenvalue weighted by Gasteiger charge is -2.08. The number of anilines is 1. The minimum atomic E-state index is -0.394. The molecule has 1 aromatic carbocycles. The van der Waals surface area contributed by atoms with E-state index in [1.165, 1.54) is 34.4 Å². The first-order chi connectivity index (χ1) is 17.9. The summed E-state index contributed by atoms with van der Waals surface area (Å²) in [5.74, 6) is 1.72. The fourth-order valence-electron chi connectivity index (χ4n) is 4.16. The molecule has 0 aliphatic heterocycles. The fourth-order valence-corrected chi connectivity index (χ4v) is 7.65. The summed E-state index contributed by atoms with van der Waals surface area (Å²) in [5.41, 5.74) is 2.41. The van der Waals surface area contributed by atoms with Gasteiger partial charge in [0.1, 0.15) is 5.00 Å². The molecule has 0 saturated carbocycles. The number of nitrogens with one attached hydrogen (secondary N) is 1. The van der Waals surface area contributed by atoms with Crippen LogP contribution in [0.4, 0.5) is 5.00 Å². The van der Waals surface area contributed by atoms with Crippen LogP contribution >= 0.6 is 50.4 Å². The third-order valence-corrected chi connectivity index (χ3v) is 9.39. The van der Waals surface area contributed by atoms with Gasteiger partial charge >= 0.3 is 5.97 Å². The van der Waals surface area contributed by atoms with E-state index in [4.69, 9.17) is 11.2 Å². The van der Waals surface area contributed by atoms with Crippen LogP contribution in [-0.2, 0) is 33.7 Å². The van der Waals surface area contributed by atoms with Gasteiger partial charge in [0.2, 0.25) is 5.91 Å². The van der Waals surface area contributed by atoms with Crippen molar-refractivity contribution in [2.45, 2.75) is 45.6 Å². The molecule has 2 amide bonds. The maximum absolute atomic E-state index is 12.7. The molecule has 4 rings (SSSR count). The molecule has 0 atom stereocenters. The SMILES string of the molecule is C#CCn1c(=NC(=O)CSCC(=O)Nc2sc3c(c2C(=O)OCC)CCCCC3)sc2cc(Br)ccc21. The van der Waals surface area contributed by atoms with Crippen molar-refractivity contribution in [3.05, 3.63) is 43.5 Å². The van der Waals surface area contributed by atoms with E-state index < -0.39 is 5.97 Å². The van der Waals surface area contributed by atoms with Crippen molar-refractivity contribution in [1.82, 2.24) is 4.57 Å². The van der Waals surface area contributed by atoms with Gasteiger partial charge < -0.3 is 14.6 Å². The van der Waals surface area contributed by atoms with Crippen LogP contribution in [-0.4, -0.2) is 40.5 Å². The standard InChI is InChI=1S/C26H26BrN3O4S3/c1-3-12-30-18-11-10-16(27)13-20(18)37-26(30)29-22(32)15-35-14-21(31)28-24-23(25(33)34-4-2)17-8-6-5-7-9-19(17)36-24/h1,10-11,13H,4-9,12,14-15H2,2H3,(H,28,31). The molecule has 1 aliphatic carbocycles. The summed E-state index contributed by atoms with van der Waals surface area (Å²) in [6.07, 6.45) is 10.5. The van der Waals surface area contributed by atoms with E-state index in [0.717, 1.165) is 57.2 Å². The molecule has 37 heavy (non-hydrogen) atoms. The molecular formula is C26H26BrN3O4S3. The zero-order valence-corrected chi connectivity index (χ0v) is 24.3. The molecule has 194 valence electrons. The highest BCUT2D eigenvalue weighted by atomic mass is 79.9. The summed E-state index contributed by atoms with van der Waals surface area (Å²) in [6, 6.07) is 5.82. The second-order valence-electron chi connectivity index (χ2n) is 8.32. The number of carbonyl (C=O) groups is 3. The van der Waals surface area contributed by atoms with Crippen LogP contribution in [0.3, 0.4) is 0 Å². The molecule has 0 bridgehead atoms. The van der Waals surface area contributed by atoms with Crippen LogP contribution < -0.4 is 10.1 Å². The Morgan fingerprint density at radius 2 is 2.03 bits per heavy atom. The van der Waals surface area contributed by atoms with Crippen molar-refractivity contribution >= 4 is 83.4 Å². The van der Waals surface area contributed by atoms with Gasteiger partial charge in [-0.05, 0) is 56.4 Å². The predicted molar refractivity (Wildman–Crippen MR) is 154 cm³/mol. The lowest BCUT2D eigenvalue weighted by molar-refractivity contribution is -0.115. The quantitative estimate of drug-likeness (QED) is 0.207. The van der Waals surface area contributed by atoms with Gasteiger partial charge in [0.15, 0.2) is 4.80 Å². The first-order valence-electron chi connectivity index (χ1n) is 11.9. The van der Waals surface area contributed by atoms with Crippen LogP contribution in [0.15, 0.2) is 27.7 Å². The number of ether oxygens (including phenoxy) is 1. The van der Waals surface area contributed by atoms with Crippen LogP contribution in [0.5, 0.6) is 0 Å². The number of thiazole rings is 1. The zero-order valence-electron chi connectivity index (χ0n) is 20.3. The normalized spacial score (nSPS) is 13.6. The molecular weight excluding hydrogens is 594 g/mol. The Labute approximate surface area is 235 Å². The smallest absolute Gasteiger partial charge is 0.341 e. The Kier molecular flexibility index (Phi) is 9.65. The zero-order chi connectivity index (χ0) is 26.4. The number of halogens is 1. The van der Waals surface area contributed by atoms with Crippen molar-refractivity contribution in [3.8, 4) is 12.3 Å². The third kappa shape index (κ3) is 6.74. The summed E-state index contributed by atoms with van der Waals surface area (Å²) in [4.78, 5) is 43.9. The van der Waals surface area contributed by atoms with Crippen molar-refractivity contribution in [2.24, 2.45) is 4.99 Å². The summed E-state index contributed by atoms with van der Waals surface area (Å²) in [6.45, 7) is 2.35. The molecule has 3 aromatic rings. The molecule has 1 N–H and O–H groups in total. The molecule has 0 spiro atoms.